The maximum Gasteiger partial charge on any atom is 0.139 e. The van der Waals surface area contributed by atoms with Crippen molar-refractivity contribution < 1.29 is 9.57 Å². The van der Waals surface area contributed by atoms with Crippen LogP contribution < -0.4 is 0 Å². The third kappa shape index (κ3) is 4.09. The second-order valence-electron chi connectivity index (χ2n) is 7.60. The molecule has 6 nitrogen and oxygen atoms in total. The Morgan fingerprint density at radius 1 is 1.17 bits per heavy atom. The smallest absolute Gasteiger partial charge is 0.139 e. The molecule has 0 bridgehead atoms. The Hall–Kier alpha value is -2.57. The number of benzene rings is 1. The molecule has 4 rings (SSSR count). The topological polar surface area (TPSA) is 40.5 Å². The molecule has 1 unspecified atom stereocenters. The van der Waals surface area contributed by atoms with Crippen molar-refractivity contribution in [3.63, 3.8) is 0 Å². The first-order chi connectivity index (χ1) is 14.2. The van der Waals surface area contributed by atoms with Crippen LogP contribution in [0, 0.1) is 0 Å². The van der Waals surface area contributed by atoms with E-state index in [-0.39, 0.29) is 6.10 Å². The summed E-state index contributed by atoms with van der Waals surface area (Å²) in [6, 6.07) is 10.6. The summed E-state index contributed by atoms with van der Waals surface area (Å²) in [7, 11) is 1.69. The van der Waals surface area contributed by atoms with Crippen molar-refractivity contribution in [2.45, 2.75) is 39.2 Å². The van der Waals surface area contributed by atoms with Crippen molar-refractivity contribution in [2.24, 2.45) is 4.99 Å². The zero-order chi connectivity index (χ0) is 20.2. The maximum atomic E-state index is 6.36. The standard InChI is InChI=1S/C23H30N4O2/c1-4-12-25-15-18(2)22(29-13-8-11-19-9-6-5-7-10-19)21-23(25)27-17-26(28-3)16-20(27)14-24-21/h5-7,9-10,14-16,22H,4,8,11-13,17H2,1-3H3. The minimum absolute atomic E-state index is 0.108. The summed E-state index contributed by atoms with van der Waals surface area (Å²) in [6.45, 7) is 6.65. The molecule has 3 aliphatic rings. The van der Waals surface area contributed by atoms with Crippen LogP contribution in [0.4, 0.5) is 0 Å². The first-order valence-electron chi connectivity index (χ1n) is 10.4. The largest absolute Gasteiger partial charge is 0.367 e. The second kappa shape index (κ2) is 8.84. The van der Waals surface area contributed by atoms with Gasteiger partial charge in [0.25, 0.3) is 0 Å². The van der Waals surface area contributed by atoms with Gasteiger partial charge >= 0.3 is 0 Å². The van der Waals surface area contributed by atoms with Gasteiger partial charge in [-0.05, 0) is 37.3 Å². The average Bonchev–Trinajstić information content (AvgIpc) is 3.17. The molecule has 3 aliphatic heterocycles. The number of ether oxygens (including phenoxy) is 1. The van der Waals surface area contributed by atoms with Gasteiger partial charge in [-0.1, -0.05) is 37.3 Å². The first-order valence-corrected chi connectivity index (χ1v) is 10.4. The highest BCUT2D eigenvalue weighted by molar-refractivity contribution is 5.81. The molecule has 3 heterocycles. The van der Waals surface area contributed by atoms with E-state index in [0.29, 0.717) is 13.3 Å². The lowest BCUT2D eigenvalue weighted by molar-refractivity contribution is -0.0970. The molecule has 0 radical (unpaired) electrons. The van der Waals surface area contributed by atoms with Crippen molar-refractivity contribution >= 4 is 6.21 Å². The Morgan fingerprint density at radius 3 is 2.76 bits per heavy atom. The Balaban J connectivity index is 1.49. The zero-order valence-electron chi connectivity index (χ0n) is 17.5. The lowest BCUT2D eigenvalue weighted by Crippen LogP contribution is -2.42. The highest BCUT2D eigenvalue weighted by atomic mass is 16.7. The van der Waals surface area contributed by atoms with Gasteiger partial charge in [0.1, 0.15) is 24.3 Å². The molecule has 29 heavy (non-hydrogen) atoms. The van der Waals surface area contributed by atoms with E-state index < -0.39 is 0 Å². The van der Waals surface area contributed by atoms with Gasteiger partial charge < -0.3 is 14.5 Å². The van der Waals surface area contributed by atoms with Gasteiger partial charge in [-0.2, -0.15) is 0 Å². The van der Waals surface area contributed by atoms with Gasteiger partial charge in [-0.15, -0.1) is 0 Å². The molecular weight excluding hydrogens is 364 g/mol. The molecular formula is C23H30N4O2. The Morgan fingerprint density at radius 2 is 2.00 bits per heavy atom. The fraction of sp³-hybridized carbons (Fsp3) is 0.435. The highest BCUT2D eigenvalue weighted by Gasteiger charge is 2.37. The van der Waals surface area contributed by atoms with Crippen molar-refractivity contribution in [1.29, 1.82) is 0 Å². The number of hydrogen-bond acceptors (Lipinski definition) is 6. The minimum Gasteiger partial charge on any atom is -0.367 e. The minimum atomic E-state index is -0.108. The fourth-order valence-electron chi connectivity index (χ4n) is 4.03. The van der Waals surface area contributed by atoms with E-state index in [1.165, 1.54) is 11.1 Å². The SMILES string of the molecule is CCCN1C=C(C)C(OCCCc2ccccc2)C2=C1N1CN(OC)C=C1C=N2. The van der Waals surface area contributed by atoms with E-state index in [2.05, 4.69) is 60.2 Å². The zero-order valence-corrected chi connectivity index (χ0v) is 17.5. The molecule has 0 N–H and O–H groups in total. The van der Waals surface area contributed by atoms with Crippen LogP contribution in [0.2, 0.25) is 0 Å². The quantitative estimate of drug-likeness (QED) is 0.626. The van der Waals surface area contributed by atoms with Crippen molar-refractivity contribution in [2.75, 3.05) is 26.9 Å². The summed E-state index contributed by atoms with van der Waals surface area (Å²) in [4.78, 5) is 14.8. The van der Waals surface area contributed by atoms with Crippen LogP contribution in [0.3, 0.4) is 0 Å². The monoisotopic (exact) mass is 394 g/mol. The molecule has 0 saturated heterocycles. The van der Waals surface area contributed by atoms with Gasteiger partial charge in [0.15, 0.2) is 0 Å². The van der Waals surface area contributed by atoms with Crippen LogP contribution in [0.25, 0.3) is 0 Å². The summed E-state index contributed by atoms with van der Waals surface area (Å²) in [5.41, 5.74) is 4.59. The molecule has 154 valence electrons. The molecule has 0 aromatic heterocycles. The number of allylic oxidation sites excluding steroid dienone is 1. The highest BCUT2D eigenvalue weighted by Crippen LogP contribution is 2.37. The van der Waals surface area contributed by atoms with E-state index in [9.17, 15) is 0 Å². The van der Waals surface area contributed by atoms with Gasteiger partial charge in [0, 0.05) is 19.4 Å². The molecule has 0 saturated carbocycles. The normalized spacial score (nSPS) is 20.7. The number of hydrogen-bond donors (Lipinski definition) is 0. The third-order valence-corrected chi connectivity index (χ3v) is 5.42. The number of fused-ring (bicyclic) bond motifs is 2. The van der Waals surface area contributed by atoms with Crippen LogP contribution in [0.1, 0.15) is 32.3 Å². The Bertz CT molecular complexity index is 844. The Kier molecular flexibility index (Phi) is 6.02. The Labute approximate surface area is 173 Å². The van der Waals surface area contributed by atoms with Crippen molar-refractivity contribution in [3.05, 3.63) is 71.1 Å². The molecule has 1 atom stereocenters. The number of nitrogens with zero attached hydrogens (tertiary/aromatic N) is 4. The number of rotatable bonds is 8. The van der Waals surface area contributed by atoms with E-state index in [1.807, 2.05) is 17.5 Å². The van der Waals surface area contributed by atoms with Crippen LogP contribution in [-0.4, -0.2) is 54.1 Å². The summed E-state index contributed by atoms with van der Waals surface area (Å²) in [5.74, 6) is 1.11. The lowest BCUT2D eigenvalue weighted by atomic mass is 10.0. The first kappa shape index (κ1) is 19.7. The van der Waals surface area contributed by atoms with E-state index in [1.54, 1.807) is 7.11 Å². The van der Waals surface area contributed by atoms with E-state index in [4.69, 9.17) is 14.6 Å². The van der Waals surface area contributed by atoms with Crippen LogP contribution >= 0.6 is 0 Å². The molecule has 0 spiro atoms. The van der Waals surface area contributed by atoms with E-state index in [0.717, 1.165) is 43.0 Å². The van der Waals surface area contributed by atoms with Crippen molar-refractivity contribution in [3.8, 4) is 0 Å². The fourth-order valence-corrected chi connectivity index (χ4v) is 4.03. The van der Waals surface area contributed by atoms with Gasteiger partial charge in [0.2, 0.25) is 0 Å². The third-order valence-electron chi connectivity index (χ3n) is 5.42. The summed E-state index contributed by atoms with van der Waals surface area (Å²) >= 11 is 0. The molecule has 1 aromatic carbocycles. The van der Waals surface area contributed by atoms with Crippen molar-refractivity contribution in [1.82, 2.24) is 14.9 Å². The van der Waals surface area contributed by atoms with Crippen LogP contribution in [-0.2, 0) is 16.0 Å². The second-order valence-corrected chi connectivity index (χ2v) is 7.60. The number of aliphatic imine (C=N–C) groups is 1. The molecule has 0 aliphatic carbocycles. The van der Waals surface area contributed by atoms with Gasteiger partial charge in [0.05, 0.1) is 25.2 Å². The predicted octanol–water partition coefficient (Wildman–Crippen LogP) is 3.87. The van der Waals surface area contributed by atoms with E-state index >= 15 is 0 Å². The molecule has 0 fully saturated rings. The summed E-state index contributed by atoms with van der Waals surface area (Å²) in [6.07, 6.45) is 9.09. The molecule has 1 aromatic rings. The summed E-state index contributed by atoms with van der Waals surface area (Å²) in [5, 5.41) is 1.82. The van der Waals surface area contributed by atoms with Gasteiger partial charge in [-0.3, -0.25) is 9.83 Å². The molecule has 0 amide bonds. The number of hydroxylamine groups is 2. The predicted molar refractivity (Wildman–Crippen MR) is 114 cm³/mol. The lowest BCUT2D eigenvalue weighted by Gasteiger charge is -2.40. The molecule has 6 heteroatoms. The van der Waals surface area contributed by atoms with Crippen LogP contribution in [0.5, 0.6) is 0 Å². The van der Waals surface area contributed by atoms with Gasteiger partial charge in [-0.25, -0.2) is 5.06 Å². The van der Waals surface area contributed by atoms with Crippen LogP contribution in [0.15, 0.2) is 70.5 Å². The summed E-state index contributed by atoms with van der Waals surface area (Å²) < 4.78 is 6.36. The maximum absolute atomic E-state index is 6.36. The number of aryl methyl sites for hydroxylation is 1. The average molecular weight is 395 g/mol.